The summed E-state index contributed by atoms with van der Waals surface area (Å²) in [5.41, 5.74) is 7.61. The van der Waals surface area contributed by atoms with Crippen LogP contribution < -0.4 is 10.6 Å². The number of benzene rings is 1. The highest BCUT2D eigenvalue weighted by Crippen LogP contribution is 2.25. The summed E-state index contributed by atoms with van der Waals surface area (Å²) in [6, 6.07) is -0.145. The number of likely N-dealkylation sites (N-methyl/N-ethyl adjacent to an activating group) is 1. The molecule has 1 saturated heterocycles. The Balaban J connectivity index is 1.99. The van der Waals surface area contributed by atoms with Crippen molar-refractivity contribution in [2.45, 2.75) is 60.0 Å². The largest absolute Gasteiger partial charge is 0.344 e. The first kappa shape index (κ1) is 18.3. The van der Waals surface area contributed by atoms with E-state index in [1.54, 1.807) is 11.9 Å². The highest BCUT2D eigenvalue weighted by Gasteiger charge is 2.24. The molecule has 1 atom stereocenters. The molecule has 1 aliphatic heterocycles. The number of rotatable bonds is 3. The summed E-state index contributed by atoms with van der Waals surface area (Å²) in [6.07, 6.45) is 1.20. The third-order valence-electron chi connectivity index (χ3n) is 5.54. The maximum atomic E-state index is 12.2. The van der Waals surface area contributed by atoms with Gasteiger partial charge in [0.05, 0.1) is 0 Å². The predicted molar refractivity (Wildman–Crippen MR) is 96.2 cm³/mol. The van der Waals surface area contributed by atoms with Gasteiger partial charge in [-0.25, -0.2) is 4.79 Å². The summed E-state index contributed by atoms with van der Waals surface area (Å²) in [4.78, 5) is 25.4. The lowest BCUT2D eigenvalue weighted by Gasteiger charge is -2.30. The molecule has 2 N–H and O–H groups in total. The second kappa shape index (κ2) is 7.24. The lowest BCUT2D eigenvalue weighted by atomic mass is 9.89. The Morgan fingerprint density at radius 2 is 1.58 bits per heavy atom. The third kappa shape index (κ3) is 3.71. The van der Waals surface area contributed by atoms with Crippen LogP contribution in [0.3, 0.4) is 0 Å². The van der Waals surface area contributed by atoms with Gasteiger partial charge in [-0.15, -0.1) is 0 Å². The van der Waals surface area contributed by atoms with Crippen LogP contribution >= 0.6 is 0 Å². The standard InChI is InChI=1S/C19H29N3O2/c1-11-12(2)14(4)17(15(5)13(11)3)9-20-19(24)21-16-7-8-18(23)22(6)10-16/h16H,7-10H2,1-6H3,(H2,20,21,24)/t16-/m1/s1. The first-order valence-corrected chi connectivity index (χ1v) is 8.56. The number of nitrogens with one attached hydrogen (secondary N) is 2. The molecule has 0 unspecified atom stereocenters. The zero-order chi connectivity index (χ0) is 18.0. The number of hydrogen-bond acceptors (Lipinski definition) is 2. The second-order valence-corrected chi connectivity index (χ2v) is 6.94. The quantitative estimate of drug-likeness (QED) is 0.894. The molecule has 1 aromatic carbocycles. The number of amides is 3. The summed E-state index contributed by atoms with van der Waals surface area (Å²) in [7, 11) is 1.78. The molecule has 0 bridgehead atoms. The van der Waals surface area contributed by atoms with Crippen molar-refractivity contribution in [1.82, 2.24) is 15.5 Å². The molecule has 5 nitrogen and oxygen atoms in total. The topological polar surface area (TPSA) is 61.4 Å². The molecular weight excluding hydrogens is 302 g/mol. The van der Waals surface area contributed by atoms with Crippen LogP contribution in [0.15, 0.2) is 0 Å². The average molecular weight is 331 g/mol. The van der Waals surface area contributed by atoms with Gasteiger partial charge in [-0.2, -0.15) is 0 Å². The fourth-order valence-corrected chi connectivity index (χ4v) is 3.38. The molecule has 1 aliphatic rings. The number of likely N-dealkylation sites (tertiary alicyclic amines) is 1. The van der Waals surface area contributed by atoms with Crippen molar-refractivity contribution >= 4 is 11.9 Å². The predicted octanol–water partition coefficient (Wildman–Crippen LogP) is 2.65. The molecule has 1 heterocycles. The highest BCUT2D eigenvalue weighted by atomic mass is 16.2. The molecule has 5 heteroatoms. The molecule has 0 spiro atoms. The highest BCUT2D eigenvalue weighted by molar-refractivity contribution is 5.78. The summed E-state index contributed by atoms with van der Waals surface area (Å²) >= 11 is 0. The van der Waals surface area contributed by atoms with Crippen LogP contribution in [0.5, 0.6) is 0 Å². The smallest absolute Gasteiger partial charge is 0.315 e. The fourth-order valence-electron chi connectivity index (χ4n) is 3.38. The Hall–Kier alpha value is -2.04. The van der Waals surface area contributed by atoms with E-state index in [0.29, 0.717) is 25.9 Å². The molecular formula is C19H29N3O2. The normalized spacial score (nSPS) is 17.8. The van der Waals surface area contributed by atoms with Crippen LogP contribution in [0.25, 0.3) is 0 Å². The van der Waals surface area contributed by atoms with Crippen LogP contribution in [0.4, 0.5) is 4.79 Å². The van der Waals surface area contributed by atoms with Gasteiger partial charge in [0.25, 0.3) is 0 Å². The Kier molecular flexibility index (Phi) is 5.52. The molecule has 0 aliphatic carbocycles. The number of hydrogen-bond donors (Lipinski definition) is 2. The third-order valence-corrected chi connectivity index (χ3v) is 5.54. The van der Waals surface area contributed by atoms with E-state index in [1.165, 1.54) is 33.4 Å². The maximum Gasteiger partial charge on any atom is 0.315 e. The van der Waals surface area contributed by atoms with E-state index in [1.807, 2.05) is 0 Å². The van der Waals surface area contributed by atoms with E-state index in [4.69, 9.17) is 0 Å². The summed E-state index contributed by atoms with van der Waals surface area (Å²) in [5, 5.41) is 5.95. The SMILES string of the molecule is Cc1c(C)c(C)c(CNC(=O)N[C@@H]2CCC(=O)N(C)C2)c(C)c1C. The average Bonchev–Trinajstić information content (AvgIpc) is 2.54. The maximum absolute atomic E-state index is 12.2. The van der Waals surface area contributed by atoms with Crippen LogP contribution in [-0.4, -0.2) is 36.5 Å². The van der Waals surface area contributed by atoms with Crippen molar-refractivity contribution < 1.29 is 9.59 Å². The van der Waals surface area contributed by atoms with Gasteiger partial charge in [0.2, 0.25) is 5.91 Å². The van der Waals surface area contributed by atoms with Gasteiger partial charge in [-0.05, 0) is 74.4 Å². The van der Waals surface area contributed by atoms with Gasteiger partial charge in [-0.3, -0.25) is 4.79 Å². The molecule has 1 fully saturated rings. The van der Waals surface area contributed by atoms with Crippen molar-refractivity contribution in [2.75, 3.05) is 13.6 Å². The minimum Gasteiger partial charge on any atom is -0.344 e. The van der Waals surface area contributed by atoms with Crippen molar-refractivity contribution in [3.63, 3.8) is 0 Å². The van der Waals surface area contributed by atoms with Gasteiger partial charge in [0.1, 0.15) is 0 Å². The van der Waals surface area contributed by atoms with Crippen molar-refractivity contribution in [3.8, 4) is 0 Å². The van der Waals surface area contributed by atoms with Crippen LogP contribution in [0.1, 0.15) is 46.2 Å². The molecule has 0 aromatic heterocycles. The molecule has 2 rings (SSSR count). The first-order valence-electron chi connectivity index (χ1n) is 8.56. The van der Waals surface area contributed by atoms with Crippen LogP contribution in [0, 0.1) is 34.6 Å². The van der Waals surface area contributed by atoms with Crippen molar-refractivity contribution in [3.05, 3.63) is 33.4 Å². The Labute approximate surface area is 144 Å². The van der Waals surface area contributed by atoms with E-state index in [0.717, 1.165) is 0 Å². The first-order chi connectivity index (χ1) is 11.2. The molecule has 3 amide bonds. The number of nitrogens with zero attached hydrogens (tertiary/aromatic N) is 1. The number of carbonyl (C=O) groups is 2. The minimum absolute atomic E-state index is 0.0244. The Morgan fingerprint density at radius 3 is 2.12 bits per heavy atom. The van der Waals surface area contributed by atoms with Crippen LogP contribution in [-0.2, 0) is 11.3 Å². The second-order valence-electron chi connectivity index (χ2n) is 6.94. The van der Waals surface area contributed by atoms with E-state index >= 15 is 0 Å². The van der Waals surface area contributed by atoms with Gasteiger partial charge in [0.15, 0.2) is 0 Å². The molecule has 1 aromatic rings. The van der Waals surface area contributed by atoms with Gasteiger partial charge in [-0.1, -0.05) is 0 Å². The van der Waals surface area contributed by atoms with E-state index in [-0.39, 0.29) is 18.0 Å². The summed E-state index contributed by atoms with van der Waals surface area (Å²) < 4.78 is 0. The summed E-state index contributed by atoms with van der Waals surface area (Å²) in [5.74, 6) is 0.144. The molecule has 0 radical (unpaired) electrons. The fraction of sp³-hybridized carbons (Fsp3) is 0.579. The molecule has 0 saturated carbocycles. The van der Waals surface area contributed by atoms with Crippen molar-refractivity contribution in [1.29, 1.82) is 0 Å². The monoisotopic (exact) mass is 331 g/mol. The van der Waals surface area contributed by atoms with Gasteiger partial charge >= 0.3 is 6.03 Å². The van der Waals surface area contributed by atoms with E-state index in [9.17, 15) is 9.59 Å². The zero-order valence-electron chi connectivity index (χ0n) is 15.7. The molecule has 132 valence electrons. The Morgan fingerprint density at radius 1 is 1.04 bits per heavy atom. The lowest BCUT2D eigenvalue weighted by Crippen LogP contribution is -2.51. The minimum atomic E-state index is -0.169. The number of carbonyl (C=O) groups excluding carboxylic acids is 2. The van der Waals surface area contributed by atoms with Crippen molar-refractivity contribution in [2.24, 2.45) is 0 Å². The number of piperidine rings is 1. The lowest BCUT2D eigenvalue weighted by molar-refractivity contribution is -0.132. The van der Waals surface area contributed by atoms with Crippen LogP contribution in [0.2, 0.25) is 0 Å². The number of urea groups is 1. The molecule has 24 heavy (non-hydrogen) atoms. The van der Waals surface area contributed by atoms with E-state index in [2.05, 4.69) is 45.3 Å². The van der Waals surface area contributed by atoms with E-state index < -0.39 is 0 Å². The van der Waals surface area contributed by atoms with Gasteiger partial charge < -0.3 is 15.5 Å². The zero-order valence-corrected chi connectivity index (χ0v) is 15.7. The summed E-state index contributed by atoms with van der Waals surface area (Å²) in [6.45, 7) is 11.7. The Bertz CT molecular complexity index is 638. The van der Waals surface area contributed by atoms with Gasteiger partial charge in [0, 0.05) is 32.6 Å².